The maximum absolute atomic E-state index is 15.1. The summed E-state index contributed by atoms with van der Waals surface area (Å²) in [6.07, 6.45) is -4.55. The lowest BCUT2D eigenvalue weighted by Gasteiger charge is -2.36. The molecule has 10 heteroatoms. The van der Waals surface area contributed by atoms with Crippen molar-refractivity contribution in [2.75, 3.05) is 19.7 Å². The van der Waals surface area contributed by atoms with Gasteiger partial charge in [0.05, 0.1) is 16.1 Å². The zero-order valence-electron chi connectivity index (χ0n) is 16.2. The second kappa shape index (κ2) is 9.00. The Balaban J connectivity index is 1.58. The van der Waals surface area contributed by atoms with Crippen LogP contribution < -0.4 is 4.74 Å². The molecule has 1 aliphatic rings. The second-order valence-electron chi connectivity index (χ2n) is 7.47. The van der Waals surface area contributed by atoms with Crippen molar-refractivity contribution in [3.63, 3.8) is 0 Å². The van der Waals surface area contributed by atoms with Crippen LogP contribution in [0.5, 0.6) is 5.75 Å². The van der Waals surface area contributed by atoms with Crippen molar-refractivity contribution in [2.45, 2.75) is 31.2 Å². The number of benzene rings is 2. The zero-order chi connectivity index (χ0) is 22.8. The lowest BCUT2D eigenvalue weighted by molar-refractivity contribution is -0.137. The summed E-state index contributed by atoms with van der Waals surface area (Å²) in [5.41, 5.74) is -2.81. The molecule has 0 spiro atoms. The minimum Gasteiger partial charge on any atom is -0.490 e. The van der Waals surface area contributed by atoms with Crippen molar-refractivity contribution < 1.29 is 36.6 Å². The third-order valence-corrected chi connectivity index (χ3v) is 5.45. The fraction of sp³-hybridized carbons (Fsp3) is 0.381. The van der Waals surface area contributed by atoms with Gasteiger partial charge in [-0.05, 0) is 49.2 Å². The van der Waals surface area contributed by atoms with Crippen LogP contribution in [0.2, 0.25) is 5.02 Å². The molecule has 0 unspecified atom stereocenters. The van der Waals surface area contributed by atoms with Crippen molar-refractivity contribution >= 4 is 17.6 Å². The van der Waals surface area contributed by atoms with Crippen LogP contribution in [0.4, 0.5) is 22.0 Å². The average Bonchev–Trinajstić information content (AvgIpc) is 2.71. The molecule has 0 aliphatic carbocycles. The number of hydrogen-bond acceptors (Lipinski definition) is 3. The van der Waals surface area contributed by atoms with Gasteiger partial charge in [-0.15, -0.1) is 0 Å². The van der Waals surface area contributed by atoms with E-state index in [2.05, 4.69) is 0 Å². The molecule has 0 amide bonds. The molecule has 1 saturated heterocycles. The molecular formula is C21H19ClF5NO3. The molecule has 31 heavy (non-hydrogen) atoms. The fourth-order valence-corrected chi connectivity index (χ4v) is 3.57. The van der Waals surface area contributed by atoms with Crippen LogP contribution in [0.15, 0.2) is 36.4 Å². The number of piperidine rings is 1. The first kappa shape index (κ1) is 23.3. The fourth-order valence-electron chi connectivity index (χ4n) is 3.33. The summed E-state index contributed by atoms with van der Waals surface area (Å²) < 4.78 is 73.6. The van der Waals surface area contributed by atoms with E-state index in [1.165, 1.54) is 24.3 Å². The van der Waals surface area contributed by atoms with Crippen LogP contribution in [0.1, 0.15) is 34.3 Å². The lowest BCUT2D eigenvalue weighted by atomic mass is 9.93. The number of hydrogen-bond donors (Lipinski definition) is 1. The summed E-state index contributed by atoms with van der Waals surface area (Å²) in [6, 6.07) is 6.83. The highest BCUT2D eigenvalue weighted by Gasteiger charge is 2.36. The van der Waals surface area contributed by atoms with E-state index in [0.29, 0.717) is 11.8 Å². The standard InChI is InChI=1S/C21H19ClF5NO3/c22-17-10-15(21(25,26)27)9-14(18(17)23)11-28-7-5-20(24,6-8-28)12-31-16-3-1-13(2-4-16)19(29)30/h1-4,9-10H,5-8,11-12H2,(H,29,30). The summed E-state index contributed by atoms with van der Waals surface area (Å²) in [6.45, 7) is 0.0241. The van der Waals surface area contributed by atoms with Crippen molar-refractivity contribution in [2.24, 2.45) is 0 Å². The van der Waals surface area contributed by atoms with Crippen LogP contribution in [-0.4, -0.2) is 41.3 Å². The second-order valence-corrected chi connectivity index (χ2v) is 7.88. The Bertz CT molecular complexity index is 941. The third kappa shape index (κ3) is 5.86. The van der Waals surface area contributed by atoms with E-state index in [1.807, 2.05) is 0 Å². The Kier molecular flexibility index (Phi) is 6.76. The first-order chi connectivity index (χ1) is 14.5. The molecule has 2 aromatic rings. The molecule has 0 radical (unpaired) electrons. The smallest absolute Gasteiger partial charge is 0.416 e. The van der Waals surface area contributed by atoms with E-state index in [0.717, 1.165) is 6.07 Å². The summed E-state index contributed by atoms with van der Waals surface area (Å²) in [4.78, 5) is 12.5. The number of ether oxygens (including phenoxy) is 1. The monoisotopic (exact) mass is 463 g/mol. The molecule has 1 heterocycles. The van der Waals surface area contributed by atoms with Gasteiger partial charge in [0.15, 0.2) is 0 Å². The first-order valence-electron chi connectivity index (χ1n) is 9.39. The number of rotatable bonds is 6. The molecule has 0 saturated carbocycles. The van der Waals surface area contributed by atoms with Crippen molar-refractivity contribution in [1.29, 1.82) is 0 Å². The van der Waals surface area contributed by atoms with Gasteiger partial charge < -0.3 is 9.84 Å². The number of halogens is 6. The van der Waals surface area contributed by atoms with Gasteiger partial charge >= 0.3 is 12.1 Å². The third-order valence-electron chi connectivity index (χ3n) is 5.18. The minimum atomic E-state index is -4.65. The predicted molar refractivity (Wildman–Crippen MR) is 104 cm³/mol. The number of aromatic carboxylic acids is 1. The van der Waals surface area contributed by atoms with Gasteiger partial charge in [-0.2, -0.15) is 13.2 Å². The molecule has 3 rings (SSSR count). The molecule has 0 bridgehead atoms. The van der Waals surface area contributed by atoms with Crippen LogP contribution in [0.3, 0.4) is 0 Å². The molecule has 1 fully saturated rings. The highest BCUT2D eigenvalue weighted by molar-refractivity contribution is 6.30. The highest BCUT2D eigenvalue weighted by atomic mass is 35.5. The number of alkyl halides is 4. The Morgan fingerprint density at radius 3 is 2.32 bits per heavy atom. The van der Waals surface area contributed by atoms with E-state index in [4.69, 9.17) is 21.4 Å². The van der Waals surface area contributed by atoms with Gasteiger partial charge in [-0.25, -0.2) is 13.6 Å². The summed E-state index contributed by atoms with van der Waals surface area (Å²) in [7, 11) is 0. The summed E-state index contributed by atoms with van der Waals surface area (Å²) in [5, 5.41) is 8.27. The highest BCUT2D eigenvalue weighted by Crippen LogP contribution is 2.35. The van der Waals surface area contributed by atoms with E-state index in [1.54, 1.807) is 4.90 Å². The van der Waals surface area contributed by atoms with Gasteiger partial charge in [-0.1, -0.05) is 11.6 Å². The number of carboxylic acid groups (broad SMARTS) is 1. The zero-order valence-corrected chi connectivity index (χ0v) is 16.9. The van der Waals surface area contributed by atoms with Crippen molar-refractivity contribution in [3.05, 3.63) is 63.9 Å². The number of nitrogens with zero attached hydrogens (tertiary/aromatic N) is 1. The van der Waals surface area contributed by atoms with E-state index < -0.39 is 34.2 Å². The Morgan fingerprint density at radius 2 is 1.77 bits per heavy atom. The molecule has 0 atom stereocenters. The van der Waals surface area contributed by atoms with Gasteiger partial charge in [0.2, 0.25) is 0 Å². The molecule has 1 N–H and O–H groups in total. The number of carboxylic acids is 1. The SMILES string of the molecule is O=C(O)c1ccc(OCC2(F)CCN(Cc3cc(C(F)(F)F)cc(Cl)c3F)CC2)cc1. The number of carbonyl (C=O) groups is 1. The molecule has 1 aliphatic heterocycles. The van der Waals surface area contributed by atoms with Crippen molar-refractivity contribution in [3.8, 4) is 5.75 Å². The van der Waals surface area contributed by atoms with Crippen LogP contribution in [0, 0.1) is 5.82 Å². The maximum Gasteiger partial charge on any atom is 0.416 e. The predicted octanol–water partition coefficient (Wildman–Crippen LogP) is 5.58. The van der Waals surface area contributed by atoms with E-state index >= 15 is 4.39 Å². The topological polar surface area (TPSA) is 49.8 Å². The quantitative estimate of drug-likeness (QED) is 0.568. The maximum atomic E-state index is 15.1. The van der Waals surface area contributed by atoms with Gasteiger partial charge in [-0.3, -0.25) is 4.90 Å². The summed E-state index contributed by atoms with van der Waals surface area (Å²) in [5.74, 6) is -1.68. The average molecular weight is 464 g/mol. The van der Waals surface area contributed by atoms with E-state index in [9.17, 15) is 22.4 Å². The minimum absolute atomic E-state index is 0.0501. The van der Waals surface area contributed by atoms with Gasteiger partial charge in [0, 0.05) is 25.2 Å². The number of likely N-dealkylation sites (tertiary alicyclic amines) is 1. The van der Waals surface area contributed by atoms with Crippen LogP contribution >= 0.6 is 11.6 Å². The molecule has 4 nitrogen and oxygen atoms in total. The molecule has 168 valence electrons. The normalized spacial score (nSPS) is 16.8. The van der Waals surface area contributed by atoms with Gasteiger partial charge in [0.1, 0.15) is 23.8 Å². The Morgan fingerprint density at radius 1 is 1.16 bits per heavy atom. The molecular weight excluding hydrogens is 445 g/mol. The van der Waals surface area contributed by atoms with Crippen molar-refractivity contribution in [1.82, 2.24) is 4.90 Å². The Labute approximate surface area is 180 Å². The molecule has 2 aromatic carbocycles. The first-order valence-corrected chi connectivity index (χ1v) is 9.77. The molecule has 0 aromatic heterocycles. The summed E-state index contributed by atoms with van der Waals surface area (Å²) >= 11 is 5.61. The Hall–Kier alpha value is -2.39. The van der Waals surface area contributed by atoms with Gasteiger partial charge in [0.25, 0.3) is 0 Å². The van der Waals surface area contributed by atoms with Crippen LogP contribution in [-0.2, 0) is 12.7 Å². The van der Waals surface area contributed by atoms with E-state index in [-0.39, 0.29) is 50.2 Å². The largest absolute Gasteiger partial charge is 0.490 e. The van der Waals surface area contributed by atoms with Crippen LogP contribution in [0.25, 0.3) is 0 Å². The lowest BCUT2D eigenvalue weighted by Crippen LogP contribution is -2.44.